The van der Waals surface area contributed by atoms with Crippen molar-refractivity contribution in [1.82, 2.24) is 0 Å². The third-order valence-corrected chi connectivity index (χ3v) is 8.07. The lowest BCUT2D eigenvalue weighted by Crippen LogP contribution is -2.54. The summed E-state index contributed by atoms with van der Waals surface area (Å²) in [4.78, 5) is 0. The smallest absolute Gasteiger partial charge is 0.228 e. The maximum atomic E-state index is 10.3. The number of allylic oxidation sites excluding steroid dienone is 3. The fraction of sp³-hybridized carbons (Fsp3) is 0.615. The van der Waals surface area contributed by atoms with Crippen molar-refractivity contribution < 1.29 is 29.5 Å². The summed E-state index contributed by atoms with van der Waals surface area (Å²) in [6, 6.07) is 5.52. The number of hydrogen-bond donors (Lipinski definition) is 3. The second kappa shape index (κ2) is 9.59. The highest BCUT2D eigenvalue weighted by Gasteiger charge is 2.41. The fourth-order valence-electron chi connectivity index (χ4n) is 6.17. The molecule has 1 aromatic carbocycles. The van der Waals surface area contributed by atoms with Crippen LogP contribution in [0.25, 0.3) is 5.76 Å². The van der Waals surface area contributed by atoms with Crippen LogP contribution in [-0.4, -0.2) is 53.6 Å². The summed E-state index contributed by atoms with van der Waals surface area (Å²) in [7, 11) is 1.73. The summed E-state index contributed by atoms with van der Waals surface area (Å²) in [6.07, 6.45) is 4.80. The predicted octanol–water partition coefficient (Wildman–Crippen LogP) is 4.21. The second-order valence-corrected chi connectivity index (χ2v) is 10.1. The zero-order chi connectivity index (χ0) is 23.1. The average Bonchev–Trinajstić information content (AvgIpc) is 2.82. The first kappa shape index (κ1) is 23.2. The van der Waals surface area contributed by atoms with Crippen LogP contribution in [0.15, 0.2) is 34.9 Å². The number of rotatable bonds is 4. The van der Waals surface area contributed by atoms with Crippen molar-refractivity contribution in [2.24, 2.45) is 11.8 Å². The lowest BCUT2D eigenvalue weighted by Gasteiger charge is -2.43. The summed E-state index contributed by atoms with van der Waals surface area (Å²) in [5, 5.41) is 30.3. The number of fused-ring (bicyclic) bond motifs is 3. The molecule has 33 heavy (non-hydrogen) atoms. The van der Waals surface area contributed by atoms with Crippen molar-refractivity contribution in [2.75, 3.05) is 13.7 Å². The van der Waals surface area contributed by atoms with Crippen molar-refractivity contribution in [2.45, 2.75) is 76.0 Å². The largest absolute Gasteiger partial charge is 0.496 e. The highest BCUT2D eigenvalue weighted by Crippen LogP contribution is 2.53. The Balaban J connectivity index is 1.48. The highest BCUT2D eigenvalue weighted by molar-refractivity contribution is 6.32. The Bertz CT molecular complexity index is 956. The van der Waals surface area contributed by atoms with Gasteiger partial charge in [0, 0.05) is 11.5 Å². The molecule has 180 valence electrons. The third-order valence-electron chi connectivity index (χ3n) is 7.76. The molecule has 5 rings (SSSR count). The van der Waals surface area contributed by atoms with Crippen LogP contribution in [0.4, 0.5) is 0 Å². The SMILES string of the molecule is COC(=C1C2CCCC1C1=C(CCCC1)C2)c1ccc(Cl)c(OC2OC[C@@H](O)[C@H](O)[C@@H]2O)c1. The van der Waals surface area contributed by atoms with Gasteiger partial charge in [0.25, 0.3) is 0 Å². The summed E-state index contributed by atoms with van der Waals surface area (Å²) < 4.78 is 17.3. The zero-order valence-corrected chi connectivity index (χ0v) is 19.8. The van der Waals surface area contributed by atoms with E-state index in [1.54, 1.807) is 24.3 Å². The second-order valence-electron chi connectivity index (χ2n) is 9.72. The first-order valence-corrected chi connectivity index (χ1v) is 12.5. The van der Waals surface area contributed by atoms with Crippen molar-refractivity contribution in [3.8, 4) is 5.75 Å². The van der Waals surface area contributed by atoms with E-state index in [1.165, 1.54) is 50.5 Å². The zero-order valence-electron chi connectivity index (χ0n) is 19.0. The highest BCUT2D eigenvalue weighted by atomic mass is 35.5. The number of benzene rings is 1. The van der Waals surface area contributed by atoms with Crippen LogP contribution in [0.5, 0.6) is 5.75 Å². The molecule has 0 spiro atoms. The molecule has 6 nitrogen and oxygen atoms in total. The summed E-state index contributed by atoms with van der Waals surface area (Å²) >= 11 is 6.41. The van der Waals surface area contributed by atoms with E-state index in [2.05, 4.69) is 0 Å². The van der Waals surface area contributed by atoms with Gasteiger partial charge in [-0.1, -0.05) is 29.2 Å². The number of hydrogen-bond acceptors (Lipinski definition) is 6. The van der Waals surface area contributed by atoms with Crippen LogP contribution in [0, 0.1) is 11.8 Å². The molecule has 6 atom stereocenters. The van der Waals surface area contributed by atoms with Crippen LogP contribution >= 0.6 is 11.6 Å². The van der Waals surface area contributed by atoms with E-state index in [9.17, 15) is 15.3 Å². The van der Waals surface area contributed by atoms with Crippen molar-refractivity contribution in [3.63, 3.8) is 0 Å². The molecule has 3 aliphatic carbocycles. The van der Waals surface area contributed by atoms with E-state index in [1.807, 2.05) is 12.1 Å². The molecular weight excluding hydrogens is 444 g/mol. The molecule has 1 heterocycles. The van der Waals surface area contributed by atoms with Gasteiger partial charge in [-0.25, -0.2) is 0 Å². The van der Waals surface area contributed by atoms with Gasteiger partial charge in [0.05, 0.1) is 18.7 Å². The molecule has 1 saturated heterocycles. The van der Waals surface area contributed by atoms with Gasteiger partial charge in [-0.05, 0) is 74.6 Å². The molecule has 0 amide bonds. The minimum absolute atomic E-state index is 0.131. The Kier molecular flexibility index (Phi) is 6.74. The average molecular weight is 477 g/mol. The minimum Gasteiger partial charge on any atom is -0.496 e. The van der Waals surface area contributed by atoms with Gasteiger partial charge in [0.1, 0.15) is 29.8 Å². The van der Waals surface area contributed by atoms with E-state index in [0.29, 0.717) is 22.6 Å². The minimum atomic E-state index is -1.39. The maximum Gasteiger partial charge on any atom is 0.228 e. The van der Waals surface area contributed by atoms with Crippen molar-refractivity contribution in [3.05, 3.63) is 45.5 Å². The van der Waals surface area contributed by atoms with Crippen LogP contribution < -0.4 is 4.74 Å². The molecule has 1 aromatic rings. The van der Waals surface area contributed by atoms with Crippen LogP contribution in [0.3, 0.4) is 0 Å². The summed E-state index contributed by atoms with van der Waals surface area (Å²) in [5.74, 6) is 2.21. The van der Waals surface area contributed by atoms with E-state index in [0.717, 1.165) is 17.7 Å². The lowest BCUT2D eigenvalue weighted by molar-refractivity contribution is -0.242. The Morgan fingerprint density at radius 3 is 2.70 bits per heavy atom. The molecule has 2 bridgehead atoms. The van der Waals surface area contributed by atoms with Gasteiger partial charge in [0.2, 0.25) is 6.29 Å². The summed E-state index contributed by atoms with van der Waals surface area (Å²) in [6.45, 7) is -0.131. The van der Waals surface area contributed by atoms with Gasteiger partial charge in [-0.15, -0.1) is 0 Å². The van der Waals surface area contributed by atoms with E-state index < -0.39 is 24.6 Å². The van der Waals surface area contributed by atoms with Gasteiger partial charge in [-0.3, -0.25) is 0 Å². The quantitative estimate of drug-likeness (QED) is 0.445. The molecule has 0 aromatic heterocycles. The topological polar surface area (TPSA) is 88.4 Å². The lowest BCUT2D eigenvalue weighted by atomic mass is 9.62. The van der Waals surface area contributed by atoms with Crippen molar-refractivity contribution >= 4 is 17.4 Å². The normalized spacial score (nSPS) is 35.7. The first-order chi connectivity index (χ1) is 16.0. The number of aliphatic hydroxyl groups is 3. The Hall–Kier alpha value is -1.57. The van der Waals surface area contributed by atoms with Gasteiger partial charge in [-0.2, -0.15) is 0 Å². The van der Waals surface area contributed by atoms with Gasteiger partial charge >= 0.3 is 0 Å². The predicted molar refractivity (Wildman–Crippen MR) is 125 cm³/mol. The van der Waals surface area contributed by atoms with Crippen molar-refractivity contribution in [1.29, 1.82) is 0 Å². The Labute approximate surface area is 199 Å². The fourth-order valence-corrected chi connectivity index (χ4v) is 6.33. The third kappa shape index (κ3) is 4.32. The first-order valence-electron chi connectivity index (χ1n) is 12.1. The molecule has 3 unspecified atom stereocenters. The molecule has 1 saturated carbocycles. The van der Waals surface area contributed by atoms with Gasteiger partial charge < -0.3 is 29.5 Å². The molecule has 7 heteroatoms. The van der Waals surface area contributed by atoms with E-state index >= 15 is 0 Å². The van der Waals surface area contributed by atoms with Crippen LogP contribution in [0.1, 0.15) is 56.9 Å². The van der Waals surface area contributed by atoms with Crippen LogP contribution in [0.2, 0.25) is 5.02 Å². The van der Waals surface area contributed by atoms with Crippen LogP contribution in [-0.2, 0) is 9.47 Å². The standard InChI is InChI=1S/C26H33ClO6/c1-31-25(22-15-6-4-8-18(22)17-7-3-2-5-14(17)11-15)16-9-10-19(27)21(12-16)33-26-24(30)23(29)20(28)13-32-26/h9-10,12,15,18,20,23-24,26,28-30H,2-8,11,13H2,1H3/t15?,18?,20-,23+,24+,26?/m1/s1. The number of aliphatic hydroxyl groups excluding tert-OH is 3. The molecule has 4 aliphatic rings. The number of halogens is 1. The summed E-state index contributed by atoms with van der Waals surface area (Å²) in [5.41, 5.74) is 5.64. The van der Waals surface area contributed by atoms with E-state index in [4.69, 9.17) is 25.8 Å². The van der Waals surface area contributed by atoms with Gasteiger partial charge in [0.15, 0.2) is 0 Å². The monoisotopic (exact) mass is 476 g/mol. The van der Waals surface area contributed by atoms with E-state index in [-0.39, 0.29) is 6.61 Å². The number of ether oxygens (including phenoxy) is 3. The molecule has 0 radical (unpaired) electrons. The molecule has 3 N–H and O–H groups in total. The Morgan fingerprint density at radius 2 is 1.88 bits per heavy atom. The number of methoxy groups -OCH3 is 1. The molecule has 2 fully saturated rings. The maximum absolute atomic E-state index is 10.3. The Morgan fingerprint density at radius 1 is 1.06 bits per heavy atom. The molecule has 1 aliphatic heterocycles. The molecular formula is C26H33ClO6.